The molecule has 0 bridgehead atoms. The summed E-state index contributed by atoms with van der Waals surface area (Å²) in [5, 5.41) is 30.7. The van der Waals surface area contributed by atoms with Crippen molar-refractivity contribution in [2.24, 2.45) is 41.4 Å². The largest absolute Gasteiger partial charge is 0.481 e. The van der Waals surface area contributed by atoms with Gasteiger partial charge in [-0.15, -0.1) is 0 Å². The van der Waals surface area contributed by atoms with Gasteiger partial charge in [0.25, 0.3) is 0 Å². The van der Waals surface area contributed by atoms with Gasteiger partial charge >= 0.3 is 5.97 Å². The van der Waals surface area contributed by atoms with Gasteiger partial charge in [-0.1, -0.05) is 41.5 Å². The van der Waals surface area contributed by atoms with Crippen molar-refractivity contribution in [2.45, 2.75) is 192 Å². The first kappa shape index (κ1) is 39.8. The van der Waals surface area contributed by atoms with Gasteiger partial charge in [0, 0.05) is 37.7 Å². The molecular weight excluding hydrogens is 656 g/mol. The molecule has 3 N–H and O–H groups in total. The zero-order valence-electron chi connectivity index (χ0n) is 32.8. The van der Waals surface area contributed by atoms with Crippen LogP contribution in [0, 0.1) is 41.4 Å². The summed E-state index contributed by atoms with van der Waals surface area (Å²) in [7, 11) is 1.77. The van der Waals surface area contributed by atoms with Crippen LogP contribution in [0.3, 0.4) is 0 Å². The Kier molecular flexibility index (Phi) is 11.4. The maximum atomic E-state index is 11.8. The van der Waals surface area contributed by atoms with Gasteiger partial charge in [0.05, 0.1) is 72.6 Å². The molecular formula is C40H68O11. The van der Waals surface area contributed by atoms with E-state index < -0.39 is 41.3 Å². The van der Waals surface area contributed by atoms with E-state index in [9.17, 15) is 20.1 Å². The van der Waals surface area contributed by atoms with Gasteiger partial charge in [-0.25, -0.2) is 0 Å². The van der Waals surface area contributed by atoms with Crippen molar-refractivity contribution in [3.63, 3.8) is 0 Å². The average molecular weight is 725 g/mol. The Morgan fingerprint density at radius 1 is 0.863 bits per heavy atom. The van der Waals surface area contributed by atoms with E-state index in [1.807, 2.05) is 6.92 Å². The Balaban J connectivity index is 1.13. The molecule has 0 radical (unpaired) electrons. The Labute approximate surface area is 305 Å². The van der Waals surface area contributed by atoms with Crippen molar-refractivity contribution < 1.29 is 53.3 Å². The molecule has 6 aliphatic heterocycles. The van der Waals surface area contributed by atoms with Crippen LogP contribution < -0.4 is 0 Å². The molecule has 0 unspecified atom stereocenters. The molecule has 6 rings (SSSR count). The van der Waals surface area contributed by atoms with Crippen LogP contribution in [0.1, 0.15) is 120 Å². The van der Waals surface area contributed by atoms with Crippen LogP contribution in [-0.4, -0.2) is 107 Å². The lowest BCUT2D eigenvalue weighted by Crippen LogP contribution is -2.58. The molecule has 0 amide bonds. The quantitative estimate of drug-likeness (QED) is 0.269. The van der Waals surface area contributed by atoms with Crippen LogP contribution in [-0.2, 0) is 38.0 Å². The molecule has 0 aromatic rings. The van der Waals surface area contributed by atoms with E-state index in [4.69, 9.17) is 33.2 Å². The number of rotatable bonds is 9. The van der Waals surface area contributed by atoms with Gasteiger partial charge in [0.2, 0.25) is 0 Å². The highest BCUT2D eigenvalue weighted by Gasteiger charge is 2.65. The van der Waals surface area contributed by atoms with Crippen molar-refractivity contribution >= 4 is 5.97 Å². The van der Waals surface area contributed by atoms with Gasteiger partial charge < -0.3 is 48.5 Å². The van der Waals surface area contributed by atoms with E-state index in [-0.39, 0.29) is 84.3 Å². The lowest BCUT2D eigenvalue weighted by atomic mass is 9.78. The summed E-state index contributed by atoms with van der Waals surface area (Å²) in [5.41, 5.74) is -1.10. The van der Waals surface area contributed by atoms with Crippen molar-refractivity contribution in [3.8, 4) is 0 Å². The second-order valence-corrected chi connectivity index (χ2v) is 18.4. The molecule has 0 saturated carbocycles. The van der Waals surface area contributed by atoms with Crippen LogP contribution >= 0.6 is 0 Å². The number of carbonyl (C=O) groups is 1. The monoisotopic (exact) mass is 724 g/mol. The minimum atomic E-state index is -1.55. The summed E-state index contributed by atoms with van der Waals surface area (Å²) < 4.78 is 47.0. The molecule has 0 aromatic carbocycles. The zero-order chi connectivity index (χ0) is 37.3. The van der Waals surface area contributed by atoms with E-state index in [1.54, 1.807) is 14.0 Å². The fraction of sp³-hybridized carbons (Fsp3) is 0.975. The average Bonchev–Trinajstić information content (AvgIpc) is 3.75. The van der Waals surface area contributed by atoms with Gasteiger partial charge in [0.15, 0.2) is 11.6 Å². The number of aliphatic carboxylic acids is 1. The number of hydrogen-bond donors (Lipinski definition) is 3. The van der Waals surface area contributed by atoms with Crippen LogP contribution in [0.4, 0.5) is 0 Å². The summed E-state index contributed by atoms with van der Waals surface area (Å²) >= 11 is 0. The normalized spacial score (nSPS) is 54.2. The Bertz CT molecular complexity index is 1230. The highest BCUT2D eigenvalue weighted by Crippen LogP contribution is 2.57. The third kappa shape index (κ3) is 7.19. The molecule has 11 heteroatoms. The van der Waals surface area contributed by atoms with Crippen molar-refractivity contribution in [3.05, 3.63) is 0 Å². The number of hydrogen-bond acceptors (Lipinski definition) is 10. The summed E-state index contributed by atoms with van der Waals surface area (Å²) in [6, 6.07) is 0. The van der Waals surface area contributed by atoms with Gasteiger partial charge in [-0.05, 0) is 83.5 Å². The number of carboxylic acids is 1. The van der Waals surface area contributed by atoms with Crippen LogP contribution in [0.25, 0.3) is 0 Å². The molecule has 0 aromatic heterocycles. The predicted molar refractivity (Wildman–Crippen MR) is 189 cm³/mol. The Morgan fingerprint density at radius 3 is 2.25 bits per heavy atom. The lowest BCUT2D eigenvalue weighted by Gasteiger charge is -2.50. The molecule has 6 heterocycles. The highest BCUT2D eigenvalue weighted by atomic mass is 16.7. The minimum Gasteiger partial charge on any atom is -0.481 e. The topological polar surface area (TPSA) is 142 Å². The van der Waals surface area contributed by atoms with Crippen LogP contribution in [0.2, 0.25) is 0 Å². The summed E-state index contributed by atoms with van der Waals surface area (Å²) in [6.07, 6.45) is 5.85. The predicted octanol–water partition coefficient (Wildman–Crippen LogP) is 5.71. The third-order valence-electron chi connectivity index (χ3n) is 14.4. The summed E-state index contributed by atoms with van der Waals surface area (Å²) in [6.45, 7) is 18.4. The molecule has 51 heavy (non-hydrogen) atoms. The van der Waals surface area contributed by atoms with Gasteiger partial charge in [0.1, 0.15) is 0 Å². The first-order valence-corrected chi connectivity index (χ1v) is 20.0. The summed E-state index contributed by atoms with van der Waals surface area (Å²) in [5.74, 6) is -3.26. The molecule has 19 atom stereocenters. The Morgan fingerprint density at radius 2 is 1.59 bits per heavy atom. The molecule has 6 fully saturated rings. The molecule has 11 nitrogen and oxygen atoms in total. The molecule has 6 saturated heterocycles. The second kappa shape index (κ2) is 14.6. The van der Waals surface area contributed by atoms with Gasteiger partial charge in [-0.3, -0.25) is 4.79 Å². The minimum absolute atomic E-state index is 0.00727. The third-order valence-corrected chi connectivity index (χ3v) is 14.4. The standard InChI is InChI=1S/C40H68O11/c1-21-11-12-28(46-33(21)26(6)36(42)43)17-29-18-30(45-10)27(7)40(48-29)25(5)19-38(9,51-40)32-13-14-37(8,49-32)35-23(3)16-31(47-35)34-22(2)15-24(4)39(44,20-41)50-34/h21-35,41,44H,11-20H2,1-10H3,(H,42,43)/t21-,22+,23-,24-,25-,26+,27-,28+,29+,30-,31-,32+,33-,34-,35-,37+,38+,39+,40-/m1/s1. The first-order chi connectivity index (χ1) is 23.9. The highest BCUT2D eigenvalue weighted by molar-refractivity contribution is 5.70. The number of aliphatic hydroxyl groups is 2. The maximum Gasteiger partial charge on any atom is 0.308 e. The summed E-state index contributed by atoms with van der Waals surface area (Å²) in [4.78, 5) is 11.8. The van der Waals surface area contributed by atoms with E-state index >= 15 is 0 Å². The SMILES string of the molecule is CO[C@@H]1C[C@H](C[C@@H]2CC[C@@H](C)[C@H]([C@H](C)C(=O)O)O2)O[C@]2(O[C@](C)([C@@H]3CC[C@@](C)([C@@H]4O[C@@H]([C@@H]5O[C@@](O)(CO)[C@H](C)C[C@@H]5C)C[C@H]4C)O3)C[C@H]2C)[C@@H]1C. The Hall–Kier alpha value is -0.890. The maximum absolute atomic E-state index is 11.8. The number of ether oxygens (including phenoxy) is 7. The van der Waals surface area contributed by atoms with E-state index in [0.717, 1.165) is 51.4 Å². The zero-order valence-corrected chi connectivity index (χ0v) is 32.8. The molecule has 0 aliphatic carbocycles. The van der Waals surface area contributed by atoms with Crippen molar-refractivity contribution in [1.82, 2.24) is 0 Å². The number of carboxylic acid groups (broad SMARTS) is 1. The second-order valence-electron chi connectivity index (χ2n) is 18.4. The van der Waals surface area contributed by atoms with Crippen LogP contribution in [0.5, 0.6) is 0 Å². The van der Waals surface area contributed by atoms with Crippen molar-refractivity contribution in [2.75, 3.05) is 13.7 Å². The fourth-order valence-corrected chi connectivity index (χ4v) is 11.3. The fourth-order valence-electron chi connectivity index (χ4n) is 11.3. The molecule has 6 aliphatic rings. The van der Waals surface area contributed by atoms with E-state index in [1.165, 1.54) is 0 Å². The number of methoxy groups -OCH3 is 1. The van der Waals surface area contributed by atoms with Crippen molar-refractivity contribution in [1.29, 1.82) is 0 Å². The van der Waals surface area contributed by atoms with Crippen LogP contribution in [0.15, 0.2) is 0 Å². The van der Waals surface area contributed by atoms with E-state index in [2.05, 4.69) is 48.5 Å². The smallest absolute Gasteiger partial charge is 0.308 e. The molecule has 1 spiro atoms. The lowest BCUT2D eigenvalue weighted by molar-refractivity contribution is -0.353. The molecule has 294 valence electrons. The van der Waals surface area contributed by atoms with Gasteiger partial charge in [-0.2, -0.15) is 0 Å². The van der Waals surface area contributed by atoms with E-state index in [0.29, 0.717) is 6.42 Å². The number of aliphatic hydroxyl groups excluding tert-OH is 1. The first-order valence-electron chi connectivity index (χ1n) is 20.0.